The first kappa shape index (κ1) is 11.0. The molecule has 0 aromatic heterocycles. The van der Waals surface area contributed by atoms with Crippen molar-refractivity contribution in [3.8, 4) is 0 Å². The highest BCUT2D eigenvalue weighted by molar-refractivity contribution is 5.82. The first-order valence-electron chi connectivity index (χ1n) is 4.84. The molecule has 1 saturated carbocycles. The van der Waals surface area contributed by atoms with Crippen LogP contribution in [0.3, 0.4) is 0 Å². The number of carboxylic acid groups (broad SMARTS) is 1. The van der Waals surface area contributed by atoms with Crippen molar-refractivity contribution in [1.29, 1.82) is 0 Å². The fourth-order valence-corrected chi connectivity index (χ4v) is 1.34. The Kier molecular flexibility index (Phi) is 2.83. The lowest BCUT2D eigenvalue weighted by molar-refractivity contribution is -0.146. The lowest BCUT2D eigenvalue weighted by Crippen LogP contribution is -2.49. The van der Waals surface area contributed by atoms with Crippen LogP contribution in [0.2, 0.25) is 0 Å². The highest BCUT2D eigenvalue weighted by atomic mass is 16.4. The van der Waals surface area contributed by atoms with Gasteiger partial charge in [-0.05, 0) is 12.8 Å². The Labute approximate surface area is 83.7 Å². The molecule has 14 heavy (non-hydrogen) atoms. The van der Waals surface area contributed by atoms with E-state index in [0.717, 1.165) is 0 Å². The van der Waals surface area contributed by atoms with Crippen molar-refractivity contribution in [3.05, 3.63) is 0 Å². The number of rotatable bonds is 2. The fraction of sp³-hybridized carbons (Fsp3) is 0.800. The third-order valence-electron chi connectivity index (χ3n) is 2.50. The molecule has 0 aliphatic heterocycles. The molecule has 1 aliphatic carbocycles. The average molecular weight is 199 g/mol. The minimum Gasteiger partial charge on any atom is -0.481 e. The van der Waals surface area contributed by atoms with Gasteiger partial charge in [-0.2, -0.15) is 0 Å². The van der Waals surface area contributed by atoms with Crippen LogP contribution in [0.4, 0.5) is 0 Å². The van der Waals surface area contributed by atoms with Crippen molar-refractivity contribution in [2.75, 3.05) is 0 Å². The molecule has 0 radical (unpaired) electrons. The zero-order valence-corrected chi connectivity index (χ0v) is 8.83. The Hall–Kier alpha value is -1.06. The first-order valence-corrected chi connectivity index (χ1v) is 4.84. The summed E-state index contributed by atoms with van der Waals surface area (Å²) in [5.74, 6) is -1.03. The molecule has 1 rings (SSSR count). The molecule has 0 aromatic carbocycles. The van der Waals surface area contributed by atoms with Gasteiger partial charge in [0.15, 0.2) is 0 Å². The van der Waals surface area contributed by atoms with Crippen molar-refractivity contribution in [2.24, 2.45) is 11.3 Å². The predicted molar refractivity (Wildman–Crippen MR) is 51.7 cm³/mol. The van der Waals surface area contributed by atoms with E-state index in [9.17, 15) is 9.59 Å². The van der Waals surface area contributed by atoms with Gasteiger partial charge in [0.05, 0.1) is 5.92 Å². The van der Waals surface area contributed by atoms with Gasteiger partial charge in [-0.3, -0.25) is 9.59 Å². The molecule has 1 aliphatic rings. The molecule has 1 fully saturated rings. The quantitative estimate of drug-likeness (QED) is 0.697. The summed E-state index contributed by atoms with van der Waals surface area (Å²) in [6, 6.07) is 0.0582. The molecular weight excluding hydrogens is 182 g/mol. The van der Waals surface area contributed by atoms with Crippen LogP contribution < -0.4 is 5.32 Å². The van der Waals surface area contributed by atoms with Crippen LogP contribution in [-0.4, -0.2) is 23.0 Å². The Balaban J connectivity index is 2.30. The summed E-state index contributed by atoms with van der Waals surface area (Å²) in [6.45, 7) is 5.53. The van der Waals surface area contributed by atoms with E-state index >= 15 is 0 Å². The van der Waals surface area contributed by atoms with Gasteiger partial charge in [0.2, 0.25) is 5.91 Å². The van der Waals surface area contributed by atoms with E-state index in [1.807, 2.05) is 20.8 Å². The molecule has 0 saturated heterocycles. The summed E-state index contributed by atoms with van der Waals surface area (Å²) in [5.41, 5.74) is -0.395. The molecule has 80 valence electrons. The summed E-state index contributed by atoms with van der Waals surface area (Å²) >= 11 is 0. The highest BCUT2D eigenvalue weighted by Gasteiger charge is 2.36. The lowest BCUT2D eigenvalue weighted by Gasteiger charge is -2.34. The molecule has 0 heterocycles. The number of carbonyl (C=O) groups is 2. The van der Waals surface area contributed by atoms with Gasteiger partial charge in [-0.1, -0.05) is 20.8 Å². The molecular formula is C10H17NO3. The van der Waals surface area contributed by atoms with Crippen LogP contribution in [0.25, 0.3) is 0 Å². The zero-order chi connectivity index (χ0) is 10.9. The number of hydrogen-bond donors (Lipinski definition) is 2. The topological polar surface area (TPSA) is 66.4 Å². The third kappa shape index (κ3) is 2.47. The SMILES string of the molecule is CC(C)(C)C(=O)NC1CC(C(=O)O)C1. The molecule has 4 heteroatoms. The molecule has 0 atom stereocenters. The molecule has 0 spiro atoms. The fourth-order valence-electron chi connectivity index (χ4n) is 1.34. The minimum atomic E-state index is -0.758. The number of nitrogens with one attached hydrogen (secondary N) is 1. The van der Waals surface area contributed by atoms with Crippen molar-refractivity contribution in [3.63, 3.8) is 0 Å². The molecule has 0 bridgehead atoms. The zero-order valence-electron chi connectivity index (χ0n) is 8.83. The van der Waals surface area contributed by atoms with Crippen molar-refractivity contribution in [1.82, 2.24) is 5.32 Å². The number of carboxylic acids is 1. The largest absolute Gasteiger partial charge is 0.481 e. The molecule has 1 amide bonds. The van der Waals surface area contributed by atoms with Crippen LogP contribution in [0, 0.1) is 11.3 Å². The maximum absolute atomic E-state index is 11.5. The maximum atomic E-state index is 11.5. The Morgan fingerprint density at radius 3 is 2.14 bits per heavy atom. The van der Waals surface area contributed by atoms with Gasteiger partial charge < -0.3 is 10.4 Å². The second-order valence-corrected chi connectivity index (χ2v) is 4.93. The normalized spacial score (nSPS) is 26.5. The smallest absolute Gasteiger partial charge is 0.306 e. The summed E-state index contributed by atoms with van der Waals surface area (Å²) in [4.78, 5) is 22.0. The average Bonchev–Trinajstić information content (AvgIpc) is 1.92. The second-order valence-electron chi connectivity index (χ2n) is 4.93. The lowest BCUT2D eigenvalue weighted by atomic mass is 9.79. The molecule has 4 nitrogen and oxygen atoms in total. The standard InChI is InChI=1S/C10H17NO3/c1-10(2,3)9(14)11-7-4-6(5-7)8(12)13/h6-7H,4-5H2,1-3H3,(H,11,14)(H,12,13). The van der Waals surface area contributed by atoms with Gasteiger partial charge in [0.1, 0.15) is 0 Å². The summed E-state index contributed by atoms with van der Waals surface area (Å²) in [6.07, 6.45) is 1.13. The van der Waals surface area contributed by atoms with E-state index in [2.05, 4.69) is 5.32 Å². The van der Waals surface area contributed by atoms with Gasteiger partial charge >= 0.3 is 5.97 Å². The second kappa shape index (κ2) is 3.59. The monoisotopic (exact) mass is 199 g/mol. The summed E-state index contributed by atoms with van der Waals surface area (Å²) in [7, 11) is 0. The van der Waals surface area contributed by atoms with E-state index in [-0.39, 0.29) is 17.9 Å². The molecule has 2 N–H and O–H groups in total. The van der Waals surface area contributed by atoms with E-state index in [1.54, 1.807) is 0 Å². The van der Waals surface area contributed by atoms with Gasteiger partial charge in [-0.25, -0.2) is 0 Å². The highest BCUT2D eigenvalue weighted by Crippen LogP contribution is 2.28. The van der Waals surface area contributed by atoms with E-state index in [4.69, 9.17) is 5.11 Å². The van der Waals surface area contributed by atoms with Crippen molar-refractivity contribution in [2.45, 2.75) is 39.7 Å². The molecule has 0 unspecified atom stereocenters. The first-order chi connectivity index (χ1) is 6.30. The molecule has 0 aromatic rings. The Morgan fingerprint density at radius 2 is 1.79 bits per heavy atom. The Morgan fingerprint density at radius 1 is 1.29 bits per heavy atom. The maximum Gasteiger partial charge on any atom is 0.306 e. The van der Waals surface area contributed by atoms with Crippen molar-refractivity contribution >= 4 is 11.9 Å². The van der Waals surface area contributed by atoms with E-state index < -0.39 is 11.4 Å². The van der Waals surface area contributed by atoms with Crippen LogP contribution in [0.5, 0.6) is 0 Å². The third-order valence-corrected chi connectivity index (χ3v) is 2.50. The minimum absolute atomic E-state index is 0.00802. The van der Waals surface area contributed by atoms with Gasteiger partial charge in [0, 0.05) is 11.5 Å². The van der Waals surface area contributed by atoms with E-state index in [1.165, 1.54) is 0 Å². The van der Waals surface area contributed by atoms with Gasteiger partial charge in [0.25, 0.3) is 0 Å². The number of carbonyl (C=O) groups excluding carboxylic acids is 1. The van der Waals surface area contributed by atoms with Gasteiger partial charge in [-0.15, -0.1) is 0 Å². The Bertz CT molecular complexity index is 249. The van der Waals surface area contributed by atoms with E-state index in [0.29, 0.717) is 12.8 Å². The number of amides is 1. The predicted octanol–water partition coefficient (Wildman–Crippen LogP) is 1.01. The number of aliphatic carboxylic acids is 1. The van der Waals surface area contributed by atoms with Crippen LogP contribution in [-0.2, 0) is 9.59 Å². The van der Waals surface area contributed by atoms with Crippen molar-refractivity contribution < 1.29 is 14.7 Å². The van der Waals surface area contributed by atoms with Crippen LogP contribution in [0.1, 0.15) is 33.6 Å². The number of hydrogen-bond acceptors (Lipinski definition) is 2. The van der Waals surface area contributed by atoms with Crippen LogP contribution >= 0.6 is 0 Å². The van der Waals surface area contributed by atoms with Crippen LogP contribution in [0.15, 0.2) is 0 Å². The summed E-state index contributed by atoms with van der Waals surface area (Å²) in [5, 5.41) is 11.5. The summed E-state index contributed by atoms with van der Waals surface area (Å²) < 4.78 is 0.